The number of carbonyl (C=O) groups excluding carboxylic acids is 1. The van der Waals surface area contributed by atoms with Crippen LogP contribution in [-0.4, -0.2) is 31.0 Å². The van der Waals surface area contributed by atoms with Crippen LogP contribution in [0.15, 0.2) is 95.5 Å². The minimum atomic E-state index is -0.138. The molecule has 1 N–H and O–H groups in total. The molecule has 0 atom stereocenters. The molecule has 0 unspecified atom stereocenters. The molecular formula is C31H36ClN3O2. The average Bonchev–Trinajstić information content (AvgIpc) is 2.94. The molecule has 6 heteroatoms. The second kappa shape index (κ2) is 12.2. The topological polar surface area (TPSA) is 44.8 Å². The maximum absolute atomic E-state index is 13.2. The number of halogens is 1. The van der Waals surface area contributed by atoms with Gasteiger partial charge in [0.15, 0.2) is 0 Å². The highest BCUT2D eigenvalue weighted by Gasteiger charge is 2.24. The monoisotopic (exact) mass is 517 g/mol. The molecule has 0 aliphatic carbocycles. The van der Waals surface area contributed by atoms with E-state index in [0.29, 0.717) is 28.9 Å². The van der Waals surface area contributed by atoms with Gasteiger partial charge >= 0.3 is 0 Å². The standard InChI is InChI=1S/C31H36ClN3O2/c1-5-22(2)30(35-18-6-7-29(32)23(35)3)31(36)33-21-24-8-12-27(13-9-24)34-19-16-26(17-20-34)25-10-14-28(37-4)15-11-25/h6-15,18,26H,3,5,16-17,19-21H2,1-2,4H3,(H,33,36)/b30-22+. The first-order valence-corrected chi connectivity index (χ1v) is 13.3. The van der Waals surface area contributed by atoms with Gasteiger partial charge in [0.25, 0.3) is 5.91 Å². The second-order valence-electron chi connectivity index (χ2n) is 9.54. The molecule has 1 amide bonds. The van der Waals surface area contributed by atoms with Crippen molar-refractivity contribution in [1.82, 2.24) is 10.2 Å². The fraction of sp³-hybridized carbons (Fsp3) is 0.323. The van der Waals surface area contributed by atoms with Crippen LogP contribution < -0.4 is 15.0 Å². The summed E-state index contributed by atoms with van der Waals surface area (Å²) >= 11 is 6.27. The third-order valence-electron chi connectivity index (χ3n) is 7.27. The Morgan fingerprint density at radius 3 is 2.41 bits per heavy atom. The van der Waals surface area contributed by atoms with Crippen LogP contribution in [-0.2, 0) is 11.3 Å². The van der Waals surface area contributed by atoms with Crippen LogP contribution in [0.2, 0.25) is 0 Å². The van der Waals surface area contributed by atoms with Gasteiger partial charge in [0.05, 0.1) is 17.8 Å². The van der Waals surface area contributed by atoms with E-state index < -0.39 is 0 Å². The van der Waals surface area contributed by atoms with Crippen molar-refractivity contribution in [3.8, 4) is 5.75 Å². The molecule has 0 spiro atoms. The smallest absolute Gasteiger partial charge is 0.268 e. The van der Waals surface area contributed by atoms with Crippen LogP contribution in [0.3, 0.4) is 0 Å². The molecule has 0 bridgehead atoms. The molecular weight excluding hydrogens is 482 g/mol. The summed E-state index contributed by atoms with van der Waals surface area (Å²) in [4.78, 5) is 17.4. The average molecular weight is 518 g/mol. The minimum Gasteiger partial charge on any atom is -0.497 e. The molecule has 2 aromatic rings. The number of nitrogens with zero attached hydrogens (tertiary/aromatic N) is 2. The number of anilines is 1. The number of ether oxygens (including phenoxy) is 1. The Hall–Kier alpha value is -3.44. The zero-order valence-corrected chi connectivity index (χ0v) is 22.7. The number of nitrogens with one attached hydrogen (secondary N) is 1. The summed E-state index contributed by atoms with van der Waals surface area (Å²) in [6, 6.07) is 17.0. The third-order valence-corrected chi connectivity index (χ3v) is 7.62. The van der Waals surface area contributed by atoms with Gasteiger partial charge in [-0.2, -0.15) is 0 Å². The Bertz CT molecular complexity index is 1200. The summed E-state index contributed by atoms with van der Waals surface area (Å²) in [6.07, 6.45) is 8.45. The van der Waals surface area contributed by atoms with Crippen molar-refractivity contribution in [1.29, 1.82) is 0 Å². The number of carbonyl (C=O) groups is 1. The Morgan fingerprint density at radius 1 is 1.11 bits per heavy atom. The molecule has 2 aliphatic heterocycles. The quantitative estimate of drug-likeness (QED) is 0.389. The van der Waals surface area contributed by atoms with E-state index in [9.17, 15) is 4.79 Å². The first-order valence-electron chi connectivity index (χ1n) is 12.9. The number of rotatable bonds is 8. The van der Waals surface area contributed by atoms with Crippen LogP contribution in [0.25, 0.3) is 0 Å². The lowest BCUT2D eigenvalue weighted by Gasteiger charge is -2.34. The van der Waals surface area contributed by atoms with E-state index in [4.69, 9.17) is 16.3 Å². The SMILES string of the molecule is C=C1C(Cl)=CC=CN1/C(C(=O)NCc1ccc(N2CCC(c3ccc(OC)cc3)CC2)cc1)=C(\C)CC. The van der Waals surface area contributed by atoms with Crippen LogP contribution in [0.1, 0.15) is 50.2 Å². The first-order chi connectivity index (χ1) is 17.9. The van der Waals surface area contributed by atoms with Gasteiger partial charge in [-0.05, 0) is 85.2 Å². The van der Waals surface area contributed by atoms with Gasteiger partial charge in [0.2, 0.25) is 0 Å². The predicted molar refractivity (Wildman–Crippen MR) is 153 cm³/mol. The molecule has 2 aromatic carbocycles. The number of benzene rings is 2. The number of piperidine rings is 1. The number of amides is 1. The number of hydrogen-bond acceptors (Lipinski definition) is 4. The van der Waals surface area contributed by atoms with Gasteiger partial charge in [0.1, 0.15) is 11.4 Å². The normalized spacial score (nSPS) is 16.9. The Labute approximate surface area is 225 Å². The van der Waals surface area contributed by atoms with Crippen molar-refractivity contribution in [2.24, 2.45) is 0 Å². The summed E-state index contributed by atoms with van der Waals surface area (Å²) in [5.41, 5.74) is 5.82. The lowest BCUT2D eigenvalue weighted by atomic mass is 9.89. The molecule has 4 rings (SSSR count). The maximum atomic E-state index is 13.2. The van der Waals surface area contributed by atoms with Crippen LogP contribution >= 0.6 is 11.6 Å². The van der Waals surface area contributed by atoms with Gasteiger partial charge in [-0.15, -0.1) is 0 Å². The second-order valence-corrected chi connectivity index (χ2v) is 9.95. The third kappa shape index (κ3) is 6.28. The summed E-state index contributed by atoms with van der Waals surface area (Å²) in [7, 11) is 1.70. The van der Waals surface area contributed by atoms with Gasteiger partial charge in [-0.1, -0.05) is 49.4 Å². The van der Waals surface area contributed by atoms with E-state index in [-0.39, 0.29) is 5.91 Å². The van der Waals surface area contributed by atoms with Crippen molar-refractivity contribution >= 4 is 23.2 Å². The van der Waals surface area contributed by atoms with E-state index in [2.05, 4.69) is 53.2 Å². The molecule has 0 aromatic heterocycles. The number of allylic oxidation sites excluding steroid dienone is 4. The summed E-state index contributed by atoms with van der Waals surface area (Å²) in [6.45, 7) is 10.6. The van der Waals surface area contributed by atoms with E-state index in [1.807, 2.05) is 38.3 Å². The summed E-state index contributed by atoms with van der Waals surface area (Å²) in [5.74, 6) is 1.35. The lowest BCUT2D eigenvalue weighted by Crippen LogP contribution is -2.33. The molecule has 1 saturated heterocycles. The minimum absolute atomic E-state index is 0.138. The van der Waals surface area contributed by atoms with Crippen molar-refractivity contribution in [3.63, 3.8) is 0 Å². The van der Waals surface area contributed by atoms with Crippen molar-refractivity contribution in [3.05, 3.63) is 107 Å². The van der Waals surface area contributed by atoms with Gasteiger partial charge < -0.3 is 19.9 Å². The van der Waals surface area contributed by atoms with Crippen LogP contribution in [0, 0.1) is 0 Å². The predicted octanol–water partition coefficient (Wildman–Crippen LogP) is 6.85. The molecule has 37 heavy (non-hydrogen) atoms. The highest BCUT2D eigenvalue weighted by atomic mass is 35.5. The Balaban J connectivity index is 1.33. The van der Waals surface area contributed by atoms with E-state index in [0.717, 1.165) is 49.2 Å². The largest absolute Gasteiger partial charge is 0.497 e. The molecule has 5 nitrogen and oxygen atoms in total. The van der Waals surface area contributed by atoms with Crippen molar-refractivity contribution in [2.45, 2.75) is 45.6 Å². The lowest BCUT2D eigenvalue weighted by molar-refractivity contribution is -0.118. The van der Waals surface area contributed by atoms with E-state index >= 15 is 0 Å². The fourth-order valence-corrected chi connectivity index (χ4v) is 5.00. The molecule has 2 heterocycles. The Kier molecular flexibility index (Phi) is 8.78. The van der Waals surface area contributed by atoms with E-state index in [1.165, 1.54) is 11.3 Å². The first kappa shape index (κ1) is 26.6. The van der Waals surface area contributed by atoms with E-state index in [1.54, 1.807) is 18.1 Å². The zero-order chi connectivity index (χ0) is 26.4. The molecule has 0 saturated carbocycles. The summed E-state index contributed by atoms with van der Waals surface area (Å²) < 4.78 is 5.29. The number of methoxy groups -OCH3 is 1. The highest BCUT2D eigenvalue weighted by Crippen LogP contribution is 2.32. The zero-order valence-electron chi connectivity index (χ0n) is 22.0. The Morgan fingerprint density at radius 2 is 1.78 bits per heavy atom. The van der Waals surface area contributed by atoms with Gasteiger partial charge in [-0.25, -0.2) is 0 Å². The van der Waals surface area contributed by atoms with Crippen molar-refractivity contribution in [2.75, 3.05) is 25.1 Å². The van der Waals surface area contributed by atoms with Crippen molar-refractivity contribution < 1.29 is 9.53 Å². The van der Waals surface area contributed by atoms with Crippen LogP contribution in [0.4, 0.5) is 5.69 Å². The molecule has 2 aliphatic rings. The molecule has 194 valence electrons. The van der Waals surface area contributed by atoms with Gasteiger partial charge in [0, 0.05) is 31.5 Å². The van der Waals surface area contributed by atoms with Gasteiger partial charge in [-0.3, -0.25) is 4.79 Å². The molecule has 0 radical (unpaired) electrons. The maximum Gasteiger partial charge on any atom is 0.268 e. The van der Waals surface area contributed by atoms with Crippen LogP contribution in [0.5, 0.6) is 5.75 Å². The fourth-order valence-electron chi connectivity index (χ4n) is 4.84. The number of hydrogen-bond donors (Lipinski definition) is 1. The highest BCUT2D eigenvalue weighted by molar-refractivity contribution is 6.32. The summed E-state index contributed by atoms with van der Waals surface area (Å²) in [5, 5.41) is 3.61. The molecule has 1 fully saturated rings.